The molecule has 0 bridgehead atoms. The minimum absolute atomic E-state index is 0.0991. The molecule has 0 aliphatic carbocycles. The molecule has 1 aliphatic heterocycles. The van der Waals surface area contributed by atoms with Crippen molar-refractivity contribution in [1.82, 2.24) is 4.90 Å². The molecule has 1 fully saturated rings. The van der Waals surface area contributed by atoms with Crippen molar-refractivity contribution in [2.45, 2.75) is 25.9 Å². The quantitative estimate of drug-likeness (QED) is 0.812. The molecule has 0 aromatic heterocycles. The van der Waals surface area contributed by atoms with Crippen molar-refractivity contribution in [2.75, 3.05) is 25.9 Å². The normalized spacial score (nSPS) is 16.9. The highest BCUT2D eigenvalue weighted by atomic mass is 16.5. The van der Waals surface area contributed by atoms with Crippen LogP contribution in [0.15, 0.2) is 18.2 Å². The van der Waals surface area contributed by atoms with Crippen LogP contribution in [0.4, 0.5) is 5.69 Å². The number of carbonyl (C=O) groups excluding carboxylic acids is 1. The SMILES string of the molecule is COC1CCN(C(=O)c2ccc(N)cc2C)CC1. The van der Waals surface area contributed by atoms with Crippen molar-refractivity contribution in [3.63, 3.8) is 0 Å². The van der Waals surface area contributed by atoms with Crippen LogP contribution in [0.25, 0.3) is 0 Å². The second-order valence-corrected chi connectivity index (χ2v) is 4.80. The molecule has 0 atom stereocenters. The highest BCUT2D eigenvalue weighted by Gasteiger charge is 2.24. The maximum atomic E-state index is 12.4. The molecule has 1 heterocycles. The van der Waals surface area contributed by atoms with Crippen LogP contribution in [0.1, 0.15) is 28.8 Å². The first-order valence-corrected chi connectivity index (χ1v) is 6.30. The minimum Gasteiger partial charge on any atom is -0.399 e. The first kappa shape index (κ1) is 12.9. The Hall–Kier alpha value is -1.55. The Kier molecular flexibility index (Phi) is 3.87. The molecule has 4 heteroatoms. The Bertz CT molecular complexity index is 437. The standard InChI is InChI=1S/C14H20N2O2/c1-10-9-11(15)3-4-13(10)14(17)16-7-5-12(18-2)6-8-16/h3-4,9,12H,5-8,15H2,1-2H3. The van der Waals surface area contributed by atoms with Crippen LogP contribution >= 0.6 is 0 Å². The van der Waals surface area contributed by atoms with Crippen molar-refractivity contribution < 1.29 is 9.53 Å². The number of nitrogens with two attached hydrogens (primary N) is 1. The Balaban J connectivity index is 2.08. The van der Waals surface area contributed by atoms with Gasteiger partial charge in [-0.1, -0.05) is 0 Å². The van der Waals surface area contributed by atoms with Crippen LogP contribution in [0.5, 0.6) is 0 Å². The van der Waals surface area contributed by atoms with Gasteiger partial charge in [0.05, 0.1) is 6.10 Å². The van der Waals surface area contributed by atoms with Gasteiger partial charge in [0.2, 0.25) is 0 Å². The van der Waals surface area contributed by atoms with Crippen molar-refractivity contribution >= 4 is 11.6 Å². The third-order valence-electron chi connectivity index (χ3n) is 3.54. The van der Waals surface area contributed by atoms with E-state index in [1.807, 2.05) is 24.0 Å². The first-order valence-electron chi connectivity index (χ1n) is 6.30. The molecule has 2 rings (SSSR count). The van der Waals surface area contributed by atoms with Gasteiger partial charge in [-0.25, -0.2) is 0 Å². The van der Waals surface area contributed by atoms with Gasteiger partial charge < -0.3 is 15.4 Å². The molecule has 0 unspecified atom stereocenters. The van der Waals surface area contributed by atoms with Crippen LogP contribution in [0.3, 0.4) is 0 Å². The summed E-state index contributed by atoms with van der Waals surface area (Å²) in [5.41, 5.74) is 8.09. The Morgan fingerprint density at radius 3 is 2.61 bits per heavy atom. The molecule has 0 radical (unpaired) electrons. The second-order valence-electron chi connectivity index (χ2n) is 4.80. The van der Waals surface area contributed by atoms with Crippen molar-refractivity contribution in [3.05, 3.63) is 29.3 Å². The van der Waals surface area contributed by atoms with Gasteiger partial charge in [0.25, 0.3) is 5.91 Å². The zero-order valence-corrected chi connectivity index (χ0v) is 11.0. The van der Waals surface area contributed by atoms with Gasteiger partial charge in [0.15, 0.2) is 0 Å². The summed E-state index contributed by atoms with van der Waals surface area (Å²) in [6.45, 7) is 3.45. The van der Waals surface area contributed by atoms with Crippen LogP contribution < -0.4 is 5.73 Å². The van der Waals surface area contributed by atoms with Crippen LogP contribution in [0.2, 0.25) is 0 Å². The predicted octanol–water partition coefficient (Wildman–Crippen LogP) is 1.83. The van der Waals surface area contributed by atoms with E-state index in [1.54, 1.807) is 13.2 Å². The van der Waals surface area contributed by atoms with E-state index in [-0.39, 0.29) is 5.91 Å². The molecule has 0 saturated carbocycles. The van der Waals surface area contributed by atoms with E-state index in [0.717, 1.165) is 37.1 Å². The number of rotatable bonds is 2. The first-order chi connectivity index (χ1) is 8.61. The third kappa shape index (κ3) is 2.64. The van der Waals surface area contributed by atoms with E-state index < -0.39 is 0 Å². The summed E-state index contributed by atoms with van der Waals surface area (Å²) in [6, 6.07) is 5.44. The fraction of sp³-hybridized carbons (Fsp3) is 0.500. The zero-order valence-electron chi connectivity index (χ0n) is 11.0. The van der Waals surface area contributed by atoms with Crippen molar-refractivity contribution in [2.24, 2.45) is 0 Å². The largest absolute Gasteiger partial charge is 0.399 e. The third-order valence-corrected chi connectivity index (χ3v) is 3.54. The van der Waals surface area contributed by atoms with Gasteiger partial charge in [-0.3, -0.25) is 4.79 Å². The lowest BCUT2D eigenvalue weighted by Gasteiger charge is -2.31. The molecular formula is C14H20N2O2. The summed E-state index contributed by atoms with van der Waals surface area (Å²) in [6.07, 6.45) is 2.12. The molecule has 1 aromatic carbocycles. The number of piperidine rings is 1. The van der Waals surface area contributed by atoms with E-state index in [2.05, 4.69) is 0 Å². The Morgan fingerprint density at radius 1 is 1.39 bits per heavy atom. The highest BCUT2D eigenvalue weighted by molar-refractivity contribution is 5.96. The van der Waals surface area contributed by atoms with Crippen LogP contribution in [-0.2, 0) is 4.74 Å². The summed E-state index contributed by atoms with van der Waals surface area (Å²) in [7, 11) is 1.73. The molecule has 1 aliphatic rings. The number of hydrogen-bond acceptors (Lipinski definition) is 3. The predicted molar refractivity (Wildman–Crippen MR) is 71.5 cm³/mol. The van der Waals surface area contributed by atoms with E-state index in [9.17, 15) is 4.79 Å². The van der Waals surface area contributed by atoms with Crippen molar-refractivity contribution in [3.8, 4) is 0 Å². The van der Waals surface area contributed by atoms with Gasteiger partial charge in [-0.2, -0.15) is 0 Å². The lowest BCUT2D eigenvalue weighted by atomic mass is 10.0. The Morgan fingerprint density at radius 2 is 2.06 bits per heavy atom. The fourth-order valence-corrected chi connectivity index (χ4v) is 2.39. The average molecular weight is 248 g/mol. The number of nitrogen functional groups attached to an aromatic ring is 1. The molecular weight excluding hydrogens is 228 g/mol. The zero-order chi connectivity index (χ0) is 13.1. The number of methoxy groups -OCH3 is 1. The maximum absolute atomic E-state index is 12.4. The maximum Gasteiger partial charge on any atom is 0.254 e. The number of anilines is 1. The van der Waals surface area contributed by atoms with Crippen LogP contribution in [-0.4, -0.2) is 37.1 Å². The molecule has 1 saturated heterocycles. The summed E-state index contributed by atoms with van der Waals surface area (Å²) in [4.78, 5) is 14.3. The molecule has 98 valence electrons. The lowest BCUT2D eigenvalue weighted by molar-refractivity contribution is 0.0350. The number of carbonyl (C=O) groups is 1. The Labute approximate surface area is 108 Å². The summed E-state index contributed by atoms with van der Waals surface area (Å²) in [5.74, 6) is 0.0991. The minimum atomic E-state index is 0.0991. The van der Waals surface area contributed by atoms with E-state index in [0.29, 0.717) is 11.8 Å². The van der Waals surface area contributed by atoms with Gasteiger partial charge in [0.1, 0.15) is 0 Å². The van der Waals surface area contributed by atoms with Gasteiger partial charge >= 0.3 is 0 Å². The average Bonchev–Trinajstić information content (AvgIpc) is 2.38. The number of benzene rings is 1. The van der Waals surface area contributed by atoms with E-state index >= 15 is 0 Å². The summed E-state index contributed by atoms with van der Waals surface area (Å²) in [5, 5.41) is 0. The summed E-state index contributed by atoms with van der Waals surface area (Å²) >= 11 is 0. The topological polar surface area (TPSA) is 55.6 Å². The number of ether oxygens (including phenoxy) is 1. The number of amides is 1. The monoisotopic (exact) mass is 248 g/mol. The molecule has 0 spiro atoms. The van der Waals surface area contributed by atoms with Crippen LogP contribution in [0, 0.1) is 6.92 Å². The van der Waals surface area contributed by atoms with E-state index in [1.165, 1.54) is 0 Å². The second kappa shape index (κ2) is 5.40. The number of aryl methyl sites for hydroxylation is 1. The lowest BCUT2D eigenvalue weighted by Crippen LogP contribution is -2.40. The number of hydrogen-bond donors (Lipinski definition) is 1. The number of likely N-dealkylation sites (tertiary alicyclic amines) is 1. The van der Waals surface area contributed by atoms with E-state index in [4.69, 9.17) is 10.5 Å². The highest BCUT2D eigenvalue weighted by Crippen LogP contribution is 2.19. The molecule has 4 nitrogen and oxygen atoms in total. The summed E-state index contributed by atoms with van der Waals surface area (Å²) < 4.78 is 5.31. The molecule has 18 heavy (non-hydrogen) atoms. The van der Waals surface area contributed by atoms with Gasteiger partial charge in [0, 0.05) is 31.5 Å². The fourth-order valence-electron chi connectivity index (χ4n) is 2.39. The van der Waals surface area contributed by atoms with Gasteiger partial charge in [-0.15, -0.1) is 0 Å². The number of nitrogens with zero attached hydrogens (tertiary/aromatic N) is 1. The van der Waals surface area contributed by atoms with Gasteiger partial charge in [-0.05, 0) is 43.5 Å². The van der Waals surface area contributed by atoms with Crippen molar-refractivity contribution in [1.29, 1.82) is 0 Å². The smallest absolute Gasteiger partial charge is 0.254 e. The molecule has 1 amide bonds. The molecule has 2 N–H and O–H groups in total. The molecule has 1 aromatic rings.